The molecule has 0 aliphatic carbocycles. The van der Waals surface area contributed by atoms with Crippen LogP contribution in [0.15, 0.2) is 46.6 Å². The minimum Gasteiger partial charge on any atom is -0.376 e. The smallest absolute Gasteiger partial charge is 0.223 e. The van der Waals surface area contributed by atoms with E-state index in [1.807, 2.05) is 34.9 Å². The summed E-state index contributed by atoms with van der Waals surface area (Å²) in [7, 11) is 2.53. The molecule has 3 rings (SSSR count). The zero-order valence-corrected chi connectivity index (χ0v) is 13.8. The minimum atomic E-state index is 0.250. The van der Waals surface area contributed by atoms with Gasteiger partial charge in [-0.3, -0.25) is 0 Å². The predicted octanol–water partition coefficient (Wildman–Crippen LogP) is 2.41. The first-order valence-electron chi connectivity index (χ1n) is 6.77. The van der Waals surface area contributed by atoms with Crippen molar-refractivity contribution in [3.63, 3.8) is 0 Å². The SMILES string of the molecule is Nc1nc(Sc2ccccc2)c2ncn(CCOCP)c2n1. The van der Waals surface area contributed by atoms with Crippen molar-refractivity contribution in [2.75, 3.05) is 18.7 Å². The van der Waals surface area contributed by atoms with Crippen molar-refractivity contribution in [1.29, 1.82) is 0 Å². The van der Waals surface area contributed by atoms with Crippen LogP contribution in [-0.4, -0.2) is 32.5 Å². The Labute approximate surface area is 134 Å². The molecule has 2 heterocycles. The summed E-state index contributed by atoms with van der Waals surface area (Å²) in [6.45, 7) is 1.27. The van der Waals surface area contributed by atoms with Crippen LogP contribution in [0.1, 0.15) is 0 Å². The molecule has 0 saturated carbocycles. The summed E-state index contributed by atoms with van der Waals surface area (Å²) < 4.78 is 7.28. The topological polar surface area (TPSA) is 78.8 Å². The molecule has 1 aromatic carbocycles. The molecule has 0 saturated heterocycles. The van der Waals surface area contributed by atoms with Crippen molar-refractivity contribution in [2.45, 2.75) is 16.5 Å². The van der Waals surface area contributed by atoms with Crippen LogP contribution in [0.25, 0.3) is 11.2 Å². The number of aromatic nitrogens is 4. The summed E-state index contributed by atoms with van der Waals surface area (Å²) >= 11 is 1.53. The molecule has 8 heteroatoms. The molecule has 6 nitrogen and oxygen atoms in total. The fourth-order valence-corrected chi connectivity index (χ4v) is 3.08. The van der Waals surface area contributed by atoms with Gasteiger partial charge in [0.15, 0.2) is 5.65 Å². The lowest BCUT2D eigenvalue weighted by atomic mass is 10.4. The zero-order chi connectivity index (χ0) is 15.4. The highest BCUT2D eigenvalue weighted by Crippen LogP contribution is 2.30. The van der Waals surface area contributed by atoms with Crippen LogP contribution < -0.4 is 5.73 Å². The van der Waals surface area contributed by atoms with Crippen molar-refractivity contribution in [1.82, 2.24) is 19.5 Å². The number of imidazole rings is 1. The lowest BCUT2D eigenvalue weighted by molar-refractivity contribution is 0.173. The molecule has 0 radical (unpaired) electrons. The Morgan fingerprint density at radius 3 is 2.82 bits per heavy atom. The van der Waals surface area contributed by atoms with Gasteiger partial charge in [-0.25, -0.2) is 9.97 Å². The molecule has 2 N–H and O–H groups in total. The Kier molecular flexibility index (Phi) is 4.87. The highest BCUT2D eigenvalue weighted by atomic mass is 32.2. The Hall–Kier alpha value is -1.69. The summed E-state index contributed by atoms with van der Waals surface area (Å²) in [5.41, 5.74) is 7.34. The molecule has 1 unspecified atom stereocenters. The first kappa shape index (κ1) is 15.2. The maximum Gasteiger partial charge on any atom is 0.223 e. The molecule has 0 aliphatic rings. The van der Waals surface area contributed by atoms with Gasteiger partial charge in [-0.2, -0.15) is 4.98 Å². The van der Waals surface area contributed by atoms with Crippen LogP contribution in [-0.2, 0) is 11.3 Å². The van der Waals surface area contributed by atoms with E-state index in [-0.39, 0.29) is 5.95 Å². The zero-order valence-electron chi connectivity index (χ0n) is 11.8. The molecule has 0 fully saturated rings. The summed E-state index contributed by atoms with van der Waals surface area (Å²) in [5, 5.41) is 0.763. The lowest BCUT2D eigenvalue weighted by Gasteiger charge is -2.06. The third kappa shape index (κ3) is 3.38. The van der Waals surface area contributed by atoms with E-state index >= 15 is 0 Å². The van der Waals surface area contributed by atoms with E-state index in [4.69, 9.17) is 10.5 Å². The number of hydrogen-bond donors (Lipinski definition) is 1. The summed E-state index contributed by atoms with van der Waals surface area (Å²) in [5.74, 6) is 0.250. The number of nitrogens with zero attached hydrogens (tertiary/aromatic N) is 4. The molecule has 2 aromatic heterocycles. The van der Waals surface area contributed by atoms with E-state index in [9.17, 15) is 0 Å². The van der Waals surface area contributed by atoms with E-state index in [1.54, 1.807) is 6.33 Å². The van der Waals surface area contributed by atoms with Crippen molar-refractivity contribution in [3.8, 4) is 0 Å². The molecular formula is C14H16N5OPS. The summed E-state index contributed by atoms with van der Waals surface area (Å²) in [4.78, 5) is 14.2. The molecule has 0 amide bonds. The fraction of sp³-hybridized carbons (Fsp3) is 0.214. The molecule has 0 bridgehead atoms. The number of anilines is 1. The molecule has 0 spiro atoms. The number of nitrogen functional groups attached to an aromatic ring is 1. The van der Waals surface area contributed by atoms with Crippen molar-refractivity contribution < 1.29 is 4.74 Å². The monoisotopic (exact) mass is 333 g/mol. The molecule has 1 atom stereocenters. The van der Waals surface area contributed by atoms with Gasteiger partial charge >= 0.3 is 0 Å². The van der Waals surface area contributed by atoms with E-state index < -0.39 is 0 Å². The van der Waals surface area contributed by atoms with E-state index in [0.717, 1.165) is 21.1 Å². The summed E-state index contributed by atoms with van der Waals surface area (Å²) in [6, 6.07) is 10.0. The largest absolute Gasteiger partial charge is 0.376 e. The van der Waals surface area contributed by atoms with Gasteiger partial charge in [-0.1, -0.05) is 30.0 Å². The first-order chi connectivity index (χ1) is 10.8. The second-order valence-corrected chi connectivity index (χ2v) is 5.88. The van der Waals surface area contributed by atoms with Crippen LogP contribution in [0, 0.1) is 0 Å². The van der Waals surface area contributed by atoms with Gasteiger partial charge in [-0.05, 0) is 12.1 Å². The number of ether oxygens (including phenoxy) is 1. The van der Waals surface area contributed by atoms with E-state index in [1.165, 1.54) is 11.8 Å². The van der Waals surface area contributed by atoms with E-state index in [2.05, 4.69) is 24.2 Å². The third-order valence-corrected chi connectivity index (χ3v) is 4.22. The van der Waals surface area contributed by atoms with Crippen LogP contribution in [0.2, 0.25) is 0 Å². The van der Waals surface area contributed by atoms with Crippen molar-refractivity contribution >= 4 is 38.1 Å². The Balaban J connectivity index is 1.93. The van der Waals surface area contributed by atoms with Gasteiger partial charge in [0.05, 0.1) is 19.3 Å². The van der Waals surface area contributed by atoms with Gasteiger partial charge in [0.25, 0.3) is 0 Å². The lowest BCUT2D eigenvalue weighted by Crippen LogP contribution is -2.06. The quantitative estimate of drug-likeness (QED) is 0.424. The number of benzene rings is 1. The number of rotatable bonds is 6. The third-order valence-electron chi connectivity index (χ3n) is 3.00. The van der Waals surface area contributed by atoms with Crippen LogP contribution in [0.5, 0.6) is 0 Å². The van der Waals surface area contributed by atoms with Gasteiger partial charge in [-0.15, -0.1) is 9.24 Å². The van der Waals surface area contributed by atoms with Crippen molar-refractivity contribution in [3.05, 3.63) is 36.7 Å². The summed E-state index contributed by atoms with van der Waals surface area (Å²) in [6.07, 6.45) is 2.36. The average molecular weight is 333 g/mol. The van der Waals surface area contributed by atoms with Crippen LogP contribution >= 0.6 is 21.0 Å². The van der Waals surface area contributed by atoms with Gasteiger partial charge in [0.2, 0.25) is 5.95 Å². The molecular weight excluding hydrogens is 317 g/mol. The van der Waals surface area contributed by atoms with Crippen LogP contribution in [0.4, 0.5) is 5.95 Å². The van der Waals surface area contributed by atoms with Gasteiger partial charge < -0.3 is 15.0 Å². The van der Waals surface area contributed by atoms with E-state index in [0.29, 0.717) is 19.5 Å². The highest BCUT2D eigenvalue weighted by molar-refractivity contribution is 7.99. The maximum atomic E-state index is 5.85. The minimum absolute atomic E-state index is 0.250. The second-order valence-electron chi connectivity index (χ2n) is 4.49. The Morgan fingerprint density at radius 2 is 2.05 bits per heavy atom. The van der Waals surface area contributed by atoms with Gasteiger partial charge in [0.1, 0.15) is 10.5 Å². The average Bonchev–Trinajstić information content (AvgIpc) is 2.92. The van der Waals surface area contributed by atoms with Crippen LogP contribution in [0.3, 0.4) is 0 Å². The Morgan fingerprint density at radius 1 is 1.23 bits per heavy atom. The molecule has 3 aromatic rings. The van der Waals surface area contributed by atoms with Gasteiger partial charge in [0, 0.05) is 11.4 Å². The standard InChI is InChI=1S/C14H16N5OPS/c15-14-17-12-11(16-8-19(12)6-7-20-9-21)13(18-14)22-10-4-2-1-3-5-10/h1-5,8H,6-7,9,21H2,(H2,15,17,18). The van der Waals surface area contributed by atoms with Crippen molar-refractivity contribution in [2.24, 2.45) is 0 Å². The predicted molar refractivity (Wildman–Crippen MR) is 90.8 cm³/mol. The fourth-order valence-electron chi connectivity index (χ4n) is 2.02. The normalized spacial score (nSPS) is 11.1. The second kappa shape index (κ2) is 7.05. The molecule has 22 heavy (non-hydrogen) atoms. The number of fused-ring (bicyclic) bond motifs is 1. The molecule has 114 valence electrons. The number of hydrogen-bond acceptors (Lipinski definition) is 6. The first-order valence-corrected chi connectivity index (χ1v) is 8.40. The maximum absolute atomic E-state index is 5.85. The molecule has 0 aliphatic heterocycles. The Bertz CT molecular complexity index is 765. The highest BCUT2D eigenvalue weighted by Gasteiger charge is 2.13. The number of nitrogens with two attached hydrogens (primary N) is 1.